The largest absolute Gasteiger partial charge is 0.279 e. The van der Waals surface area contributed by atoms with Gasteiger partial charge < -0.3 is 0 Å². The first kappa shape index (κ1) is 13.8. The van der Waals surface area contributed by atoms with Crippen LogP contribution in [0.2, 0.25) is 5.02 Å². The van der Waals surface area contributed by atoms with Gasteiger partial charge >= 0.3 is 0 Å². The fraction of sp³-hybridized carbons (Fsp3) is 0.0769. The molecule has 2 aromatic rings. The van der Waals surface area contributed by atoms with E-state index in [4.69, 9.17) is 11.6 Å². The number of sulfonamides is 1. The van der Waals surface area contributed by atoms with Crippen LogP contribution in [0.1, 0.15) is 5.56 Å². The van der Waals surface area contributed by atoms with Gasteiger partial charge in [0.2, 0.25) is 0 Å². The summed E-state index contributed by atoms with van der Waals surface area (Å²) in [7, 11) is -3.82. The molecule has 0 aliphatic carbocycles. The molecule has 0 unspecified atom stereocenters. The minimum Gasteiger partial charge on any atom is -0.279 e. The Kier molecular flexibility index (Phi) is 3.78. The molecule has 0 bridgehead atoms. The highest BCUT2D eigenvalue weighted by molar-refractivity contribution is 7.92. The zero-order chi connectivity index (χ0) is 14.0. The van der Waals surface area contributed by atoms with Crippen molar-refractivity contribution >= 4 is 27.3 Å². The standard InChI is InChI=1S/C13H11ClFNO2S/c1-9-12(14)6-3-7-13(9)16-19(17,18)11-5-2-4-10(15)8-11/h2-8,16H,1H3. The summed E-state index contributed by atoms with van der Waals surface area (Å²) in [5.74, 6) is -0.606. The Hall–Kier alpha value is -1.59. The maximum absolute atomic E-state index is 13.1. The summed E-state index contributed by atoms with van der Waals surface area (Å²) < 4.78 is 39.7. The van der Waals surface area contributed by atoms with Gasteiger partial charge in [-0.05, 0) is 42.8 Å². The molecule has 0 aromatic heterocycles. The monoisotopic (exact) mass is 299 g/mol. The smallest absolute Gasteiger partial charge is 0.262 e. The SMILES string of the molecule is Cc1c(Cl)cccc1NS(=O)(=O)c1cccc(F)c1. The molecule has 0 aliphatic rings. The first-order valence-electron chi connectivity index (χ1n) is 5.43. The minimum absolute atomic E-state index is 0.133. The summed E-state index contributed by atoms with van der Waals surface area (Å²) in [5.41, 5.74) is 0.987. The lowest BCUT2D eigenvalue weighted by Crippen LogP contribution is -2.14. The molecule has 1 N–H and O–H groups in total. The molecule has 0 aliphatic heterocycles. The zero-order valence-electron chi connectivity index (χ0n) is 10.0. The lowest BCUT2D eigenvalue weighted by atomic mass is 10.2. The number of halogens is 2. The van der Waals surface area contributed by atoms with Crippen LogP contribution in [0.5, 0.6) is 0 Å². The fourth-order valence-corrected chi connectivity index (χ4v) is 2.88. The van der Waals surface area contributed by atoms with Crippen molar-refractivity contribution < 1.29 is 12.8 Å². The zero-order valence-corrected chi connectivity index (χ0v) is 11.6. The van der Waals surface area contributed by atoms with Gasteiger partial charge in [0.1, 0.15) is 5.82 Å². The summed E-state index contributed by atoms with van der Waals surface area (Å²) in [6.45, 7) is 1.70. The van der Waals surface area contributed by atoms with Crippen molar-refractivity contribution in [2.75, 3.05) is 4.72 Å². The van der Waals surface area contributed by atoms with Gasteiger partial charge in [0.15, 0.2) is 0 Å². The molecule has 2 rings (SSSR count). The van der Waals surface area contributed by atoms with Crippen LogP contribution >= 0.6 is 11.6 Å². The van der Waals surface area contributed by atoms with E-state index in [1.54, 1.807) is 25.1 Å². The Morgan fingerprint density at radius 2 is 1.84 bits per heavy atom. The second-order valence-corrected chi connectivity index (χ2v) is 6.06. The van der Waals surface area contributed by atoms with E-state index >= 15 is 0 Å². The van der Waals surface area contributed by atoms with E-state index in [2.05, 4.69) is 4.72 Å². The van der Waals surface area contributed by atoms with Crippen molar-refractivity contribution in [3.63, 3.8) is 0 Å². The second-order valence-electron chi connectivity index (χ2n) is 3.98. The molecule has 100 valence electrons. The van der Waals surface area contributed by atoms with E-state index in [-0.39, 0.29) is 4.90 Å². The average molecular weight is 300 g/mol. The number of nitrogens with one attached hydrogen (secondary N) is 1. The number of benzene rings is 2. The Labute approximate surface area is 116 Å². The van der Waals surface area contributed by atoms with Gasteiger partial charge in [-0.3, -0.25) is 4.72 Å². The summed E-state index contributed by atoms with van der Waals surface area (Å²) in [4.78, 5) is -0.133. The molecule has 2 aromatic carbocycles. The van der Waals surface area contributed by atoms with E-state index in [1.807, 2.05) is 0 Å². The van der Waals surface area contributed by atoms with Crippen molar-refractivity contribution in [1.29, 1.82) is 0 Å². The van der Waals surface area contributed by atoms with Crippen molar-refractivity contribution in [2.45, 2.75) is 11.8 Å². The first-order valence-corrected chi connectivity index (χ1v) is 7.30. The normalized spacial score (nSPS) is 11.3. The molecule has 0 heterocycles. The molecule has 0 saturated heterocycles. The number of hydrogen-bond acceptors (Lipinski definition) is 2. The highest BCUT2D eigenvalue weighted by atomic mass is 35.5. The van der Waals surface area contributed by atoms with Crippen molar-refractivity contribution in [3.8, 4) is 0 Å². The summed E-state index contributed by atoms with van der Waals surface area (Å²) in [6, 6.07) is 9.71. The Bertz CT molecular complexity index is 716. The maximum atomic E-state index is 13.1. The van der Waals surface area contributed by atoms with Gasteiger partial charge in [-0.15, -0.1) is 0 Å². The second kappa shape index (κ2) is 5.19. The van der Waals surface area contributed by atoms with Crippen LogP contribution in [0.15, 0.2) is 47.4 Å². The maximum Gasteiger partial charge on any atom is 0.262 e. The predicted octanol–water partition coefficient (Wildman–Crippen LogP) is 3.59. The van der Waals surface area contributed by atoms with Gasteiger partial charge in [-0.1, -0.05) is 23.7 Å². The van der Waals surface area contributed by atoms with Crippen molar-refractivity contribution in [1.82, 2.24) is 0 Å². The molecule has 0 spiro atoms. The third-order valence-corrected chi connectivity index (χ3v) is 4.39. The van der Waals surface area contributed by atoms with Crippen molar-refractivity contribution in [2.24, 2.45) is 0 Å². The Morgan fingerprint density at radius 3 is 2.53 bits per heavy atom. The van der Waals surface area contributed by atoms with Crippen LogP contribution in [0.25, 0.3) is 0 Å². The van der Waals surface area contributed by atoms with Crippen molar-refractivity contribution in [3.05, 3.63) is 58.9 Å². The van der Waals surface area contributed by atoms with E-state index < -0.39 is 15.8 Å². The van der Waals surface area contributed by atoms with E-state index in [9.17, 15) is 12.8 Å². The third kappa shape index (κ3) is 3.05. The molecule has 0 atom stereocenters. The van der Waals surface area contributed by atoms with Gasteiger partial charge in [-0.2, -0.15) is 0 Å². The molecule has 3 nitrogen and oxygen atoms in total. The van der Waals surface area contributed by atoms with Crippen LogP contribution in [-0.4, -0.2) is 8.42 Å². The lowest BCUT2D eigenvalue weighted by Gasteiger charge is -2.11. The highest BCUT2D eigenvalue weighted by Gasteiger charge is 2.16. The molecule has 0 saturated carbocycles. The number of rotatable bonds is 3. The summed E-state index contributed by atoms with van der Waals surface area (Å²) in [6.07, 6.45) is 0. The Morgan fingerprint density at radius 1 is 1.16 bits per heavy atom. The Balaban J connectivity index is 2.39. The van der Waals surface area contributed by atoms with Crippen LogP contribution in [-0.2, 0) is 10.0 Å². The van der Waals surface area contributed by atoms with E-state index in [0.717, 1.165) is 6.07 Å². The van der Waals surface area contributed by atoms with E-state index in [1.165, 1.54) is 18.2 Å². The molecular weight excluding hydrogens is 289 g/mol. The summed E-state index contributed by atoms with van der Waals surface area (Å²) >= 11 is 5.92. The minimum atomic E-state index is -3.82. The molecule has 0 fully saturated rings. The van der Waals surface area contributed by atoms with Gasteiger partial charge in [0.05, 0.1) is 10.6 Å². The molecule has 19 heavy (non-hydrogen) atoms. The lowest BCUT2D eigenvalue weighted by molar-refractivity contribution is 0.595. The molecule has 0 amide bonds. The van der Waals surface area contributed by atoms with Gasteiger partial charge in [0.25, 0.3) is 10.0 Å². The van der Waals surface area contributed by atoms with Gasteiger partial charge in [0, 0.05) is 5.02 Å². The molecular formula is C13H11ClFNO2S. The first-order chi connectivity index (χ1) is 8.90. The van der Waals surface area contributed by atoms with Gasteiger partial charge in [-0.25, -0.2) is 12.8 Å². The highest BCUT2D eigenvalue weighted by Crippen LogP contribution is 2.25. The van der Waals surface area contributed by atoms with E-state index in [0.29, 0.717) is 16.3 Å². The predicted molar refractivity (Wildman–Crippen MR) is 73.4 cm³/mol. The average Bonchev–Trinajstić information content (AvgIpc) is 2.35. The van der Waals surface area contributed by atoms with Crippen LogP contribution in [0.4, 0.5) is 10.1 Å². The van der Waals surface area contributed by atoms with Crippen LogP contribution in [0, 0.1) is 12.7 Å². The van der Waals surface area contributed by atoms with Crippen LogP contribution in [0.3, 0.4) is 0 Å². The quantitative estimate of drug-likeness (QED) is 0.941. The number of anilines is 1. The number of hydrogen-bond donors (Lipinski definition) is 1. The summed E-state index contributed by atoms with van der Waals surface area (Å²) in [5, 5.41) is 0.458. The van der Waals surface area contributed by atoms with Crippen LogP contribution < -0.4 is 4.72 Å². The molecule has 0 radical (unpaired) electrons. The molecule has 6 heteroatoms. The third-order valence-electron chi connectivity index (χ3n) is 2.62. The fourth-order valence-electron chi connectivity index (χ4n) is 1.56. The topological polar surface area (TPSA) is 46.2 Å².